The van der Waals surface area contributed by atoms with Crippen LogP contribution in [-0.2, 0) is 0 Å². The van der Waals surface area contributed by atoms with Gasteiger partial charge in [-0.3, -0.25) is 0 Å². The van der Waals surface area contributed by atoms with Gasteiger partial charge in [-0.1, -0.05) is 0 Å². The van der Waals surface area contributed by atoms with Crippen LogP contribution in [0.3, 0.4) is 0 Å². The molecule has 2 aromatic rings. The summed E-state index contributed by atoms with van der Waals surface area (Å²) in [6.45, 7) is 0. The highest BCUT2D eigenvalue weighted by Crippen LogP contribution is 2.16. The number of hydrogen-bond acceptors (Lipinski definition) is 3. The van der Waals surface area contributed by atoms with Crippen LogP contribution in [-0.4, -0.2) is 11.0 Å². The molecule has 68 valence electrons. The topological polar surface area (TPSA) is 79.7 Å². The van der Waals surface area contributed by atoms with E-state index in [0.717, 1.165) is 0 Å². The highest BCUT2D eigenvalue weighted by Gasteiger charge is 2.01. The number of carbonyl (C=O) groups excluding carboxylic acids is 1. The lowest BCUT2D eigenvalue weighted by molar-refractivity contribution is -0.255. The molecule has 1 N–H and O–H groups in total. The largest absolute Gasteiger partial charge is 0.543 e. The zero-order chi connectivity index (χ0) is 10.1. The van der Waals surface area contributed by atoms with Gasteiger partial charge in [0.15, 0.2) is 0 Å². The number of nitriles is 1. The number of hydrogen-bond donors (Lipinski definition) is 1. The summed E-state index contributed by atoms with van der Waals surface area (Å²) in [5.74, 6) is -1.25. The van der Waals surface area contributed by atoms with Crippen molar-refractivity contribution in [2.75, 3.05) is 0 Å². The molecular weight excluding hydrogens is 180 g/mol. The van der Waals surface area contributed by atoms with Gasteiger partial charge < -0.3 is 14.9 Å². The first kappa shape index (κ1) is 8.32. The van der Waals surface area contributed by atoms with E-state index < -0.39 is 5.97 Å². The van der Waals surface area contributed by atoms with Gasteiger partial charge in [0, 0.05) is 10.9 Å². The average molecular weight is 185 g/mol. The Morgan fingerprint density at radius 1 is 1.43 bits per heavy atom. The molecule has 1 aromatic carbocycles. The fourth-order valence-corrected chi connectivity index (χ4v) is 1.31. The van der Waals surface area contributed by atoms with Gasteiger partial charge in [-0.25, -0.2) is 0 Å². The minimum absolute atomic E-state index is 0.0232. The number of aromatic carboxylic acids is 1. The van der Waals surface area contributed by atoms with Crippen molar-refractivity contribution in [3.63, 3.8) is 0 Å². The van der Waals surface area contributed by atoms with Crippen LogP contribution in [0.5, 0.6) is 0 Å². The molecule has 0 fully saturated rings. The van der Waals surface area contributed by atoms with Gasteiger partial charge in [-0.2, -0.15) is 5.26 Å². The third-order valence-electron chi connectivity index (χ3n) is 1.97. The molecule has 0 amide bonds. The van der Waals surface area contributed by atoms with E-state index in [9.17, 15) is 9.90 Å². The van der Waals surface area contributed by atoms with Crippen LogP contribution in [0, 0.1) is 11.3 Å². The number of H-pyrrole nitrogens is 1. The predicted molar refractivity (Wildman–Crippen MR) is 47.3 cm³/mol. The van der Waals surface area contributed by atoms with Crippen LogP contribution in [0.15, 0.2) is 24.3 Å². The molecule has 14 heavy (non-hydrogen) atoms. The number of nitrogens with one attached hydrogen (secondary N) is 1. The number of fused-ring (bicyclic) bond motifs is 1. The van der Waals surface area contributed by atoms with E-state index in [1.54, 1.807) is 18.2 Å². The quantitative estimate of drug-likeness (QED) is 0.698. The van der Waals surface area contributed by atoms with Crippen molar-refractivity contribution in [3.8, 4) is 6.07 Å². The Labute approximate surface area is 79.4 Å². The van der Waals surface area contributed by atoms with E-state index in [-0.39, 0.29) is 5.69 Å². The summed E-state index contributed by atoms with van der Waals surface area (Å²) in [5, 5.41) is 19.8. The van der Waals surface area contributed by atoms with Crippen LogP contribution in [0.25, 0.3) is 10.9 Å². The van der Waals surface area contributed by atoms with Gasteiger partial charge in [0.1, 0.15) is 0 Å². The number of carboxylic acids is 1. The van der Waals surface area contributed by atoms with Gasteiger partial charge in [0.05, 0.1) is 23.3 Å². The van der Waals surface area contributed by atoms with Gasteiger partial charge in [-0.15, -0.1) is 0 Å². The van der Waals surface area contributed by atoms with E-state index in [4.69, 9.17) is 5.26 Å². The summed E-state index contributed by atoms with van der Waals surface area (Å²) in [7, 11) is 0. The number of aromatic nitrogens is 1. The first-order chi connectivity index (χ1) is 6.70. The Morgan fingerprint density at radius 2 is 2.21 bits per heavy atom. The lowest BCUT2D eigenvalue weighted by Crippen LogP contribution is -2.22. The maximum Gasteiger partial charge on any atom is 0.0991 e. The summed E-state index contributed by atoms with van der Waals surface area (Å²) in [6.07, 6.45) is 0. The zero-order valence-electron chi connectivity index (χ0n) is 7.07. The molecule has 0 atom stereocenters. The third-order valence-corrected chi connectivity index (χ3v) is 1.97. The third kappa shape index (κ3) is 1.21. The van der Waals surface area contributed by atoms with Crippen LogP contribution in [0.1, 0.15) is 16.1 Å². The van der Waals surface area contributed by atoms with Crippen molar-refractivity contribution >= 4 is 16.9 Å². The average Bonchev–Trinajstić information content (AvgIpc) is 2.59. The number of aromatic amines is 1. The van der Waals surface area contributed by atoms with Crippen LogP contribution >= 0.6 is 0 Å². The van der Waals surface area contributed by atoms with E-state index in [1.807, 2.05) is 6.07 Å². The van der Waals surface area contributed by atoms with Crippen LogP contribution in [0.2, 0.25) is 0 Å². The first-order valence-electron chi connectivity index (χ1n) is 3.95. The molecule has 0 spiro atoms. The van der Waals surface area contributed by atoms with Crippen LogP contribution in [0.4, 0.5) is 0 Å². The summed E-state index contributed by atoms with van der Waals surface area (Å²) in [4.78, 5) is 13.2. The Morgan fingerprint density at radius 3 is 2.86 bits per heavy atom. The summed E-state index contributed by atoms with van der Waals surface area (Å²) in [6, 6.07) is 8.34. The van der Waals surface area contributed by atoms with Gasteiger partial charge in [0.2, 0.25) is 0 Å². The van der Waals surface area contributed by atoms with Crippen molar-refractivity contribution in [2.45, 2.75) is 0 Å². The number of carboxylic acid groups (broad SMARTS) is 1. The maximum absolute atomic E-state index is 10.5. The van der Waals surface area contributed by atoms with Crippen molar-refractivity contribution in [3.05, 3.63) is 35.5 Å². The normalized spacial score (nSPS) is 9.93. The second-order valence-electron chi connectivity index (χ2n) is 2.88. The Kier molecular flexibility index (Phi) is 1.72. The molecule has 0 saturated carbocycles. The number of nitrogens with zero attached hydrogens (tertiary/aromatic N) is 1. The summed E-state index contributed by atoms with van der Waals surface area (Å²) >= 11 is 0. The van der Waals surface area contributed by atoms with Crippen molar-refractivity contribution < 1.29 is 9.90 Å². The number of benzene rings is 1. The van der Waals surface area contributed by atoms with Crippen LogP contribution < -0.4 is 5.11 Å². The summed E-state index contributed by atoms with van der Waals surface area (Å²) in [5.41, 5.74) is 1.21. The fourth-order valence-electron chi connectivity index (χ4n) is 1.31. The second-order valence-corrected chi connectivity index (χ2v) is 2.88. The lowest BCUT2D eigenvalue weighted by Gasteiger charge is -1.93. The van der Waals surface area contributed by atoms with Crippen molar-refractivity contribution in [1.82, 2.24) is 4.98 Å². The Balaban J connectivity index is 2.67. The smallest absolute Gasteiger partial charge is 0.0991 e. The van der Waals surface area contributed by atoms with E-state index in [0.29, 0.717) is 16.5 Å². The number of rotatable bonds is 1. The minimum Gasteiger partial charge on any atom is -0.543 e. The highest BCUT2D eigenvalue weighted by atomic mass is 16.4. The highest BCUT2D eigenvalue weighted by molar-refractivity contribution is 5.93. The van der Waals surface area contributed by atoms with Crippen molar-refractivity contribution in [1.29, 1.82) is 5.26 Å². The van der Waals surface area contributed by atoms with Gasteiger partial charge >= 0.3 is 0 Å². The molecule has 0 unspecified atom stereocenters. The molecule has 0 radical (unpaired) electrons. The molecule has 0 aliphatic heterocycles. The first-order valence-corrected chi connectivity index (χ1v) is 3.95. The molecule has 1 aromatic heterocycles. The molecule has 0 bridgehead atoms. The maximum atomic E-state index is 10.5. The second kappa shape index (κ2) is 2.89. The molecule has 1 heterocycles. The molecule has 0 aliphatic rings. The molecule has 4 heteroatoms. The molecular formula is C10H5N2O2-. The molecule has 2 rings (SSSR count). The molecule has 0 saturated heterocycles. The lowest BCUT2D eigenvalue weighted by atomic mass is 10.2. The predicted octanol–water partition coefficient (Wildman–Crippen LogP) is 0.403. The number of carbonyl (C=O) groups is 1. The summed E-state index contributed by atoms with van der Waals surface area (Å²) < 4.78 is 0. The van der Waals surface area contributed by atoms with Gasteiger partial charge in [-0.05, 0) is 24.3 Å². The standard InChI is InChI=1S/C10H6N2O2/c11-5-6-1-2-8-7(3-6)4-9(12-8)10(13)14/h1-4,12H,(H,13,14)/p-1. The monoisotopic (exact) mass is 185 g/mol. The molecule has 0 aliphatic carbocycles. The van der Waals surface area contributed by atoms with E-state index in [1.165, 1.54) is 6.07 Å². The minimum atomic E-state index is -1.25. The Hall–Kier alpha value is -2.28. The zero-order valence-corrected chi connectivity index (χ0v) is 7.07. The fraction of sp³-hybridized carbons (Fsp3) is 0. The molecule has 4 nitrogen and oxygen atoms in total. The van der Waals surface area contributed by atoms with E-state index in [2.05, 4.69) is 4.98 Å². The van der Waals surface area contributed by atoms with Gasteiger partial charge in [0.25, 0.3) is 0 Å². The van der Waals surface area contributed by atoms with Crippen molar-refractivity contribution in [2.24, 2.45) is 0 Å². The van der Waals surface area contributed by atoms with E-state index >= 15 is 0 Å². The Bertz CT molecular complexity index is 549. The SMILES string of the molecule is N#Cc1ccc2[nH]c(C(=O)[O-])cc2c1.